The molecule has 3 heteroatoms. The number of nitrogens with one attached hydrogen (secondary N) is 1. The highest BCUT2D eigenvalue weighted by Gasteiger charge is 2.29. The van der Waals surface area contributed by atoms with E-state index in [2.05, 4.69) is 57.2 Å². The largest absolute Gasteiger partial charge is 0.312 e. The standard InChI is InChI=1S/C15H28N2S/c1-7-15(8-2,11-16-14(4,5)6)9-13-17-12(3)10-18-13/h10,16H,7-9,11H2,1-6H3. The lowest BCUT2D eigenvalue weighted by atomic mass is 9.79. The van der Waals surface area contributed by atoms with E-state index in [9.17, 15) is 0 Å². The van der Waals surface area contributed by atoms with Crippen LogP contribution in [0.5, 0.6) is 0 Å². The van der Waals surface area contributed by atoms with Gasteiger partial charge in [-0.2, -0.15) is 0 Å². The summed E-state index contributed by atoms with van der Waals surface area (Å²) in [6.45, 7) is 14.4. The molecule has 0 unspecified atom stereocenters. The second-order valence-electron chi connectivity index (χ2n) is 6.37. The molecule has 0 saturated carbocycles. The van der Waals surface area contributed by atoms with Gasteiger partial charge in [0.2, 0.25) is 0 Å². The minimum absolute atomic E-state index is 0.189. The topological polar surface area (TPSA) is 24.9 Å². The zero-order valence-electron chi connectivity index (χ0n) is 12.8. The molecule has 0 aliphatic rings. The Morgan fingerprint density at radius 1 is 1.22 bits per heavy atom. The molecule has 0 amide bonds. The maximum Gasteiger partial charge on any atom is 0.0934 e. The molecule has 0 aliphatic carbocycles. The molecule has 0 saturated heterocycles. The van der Waals surface area contributed by atoms with Crippen molar-refractivity contribution in [3.8, 4) is 0 Å². The summed E-state index contributed by atoms with van der Waals surface area (Å²) in [7, 11) is 0. The summed E-state index contributed by atoms with van der Waals surface area (Å²) in [6.07, 6.45) is 3.50. The maximum absolute atomic E-state index is 4.63. The van der Waals surface area contributed by atoms with Crippen LogP contribution in [-0.2, 0) is 6.42 Å². The Bertz CT molecular complexity index is 359. The lowest BCUT2D eigenvalue weighted by Gasteiger charge is -2.35. The third kappa shape index (κ3) is 4.69. The van der Waals surface area contributed by atoms with Crippen LogP contribution in [0, 0.1) is 12.3 Å². The predicted molar refractivity (Wildman–Crippen MR) is 81.3 cm³/mol. The first-order chi connectivity index (χ1) is 8.30. The normalized spacial score (nSPS) is 13.0. The van der Waals surface area contributed by atoms with Crippen LogP contribution in [0.2, 0.25) is 0 Å². The van der Waals surface area contributed by atoms with Crippen molar-refractivity contribution in [2.45, 2.75) is 66.3 Å². The molecule has 1 aromatic rings. The van der Waals surface area contributed by atoms with Gasteiger partial charge in [-0.05, 0) is 46.0 Å². The van der Waals surface area contributed by atoms with Gasteiger partial charge in [-0.3, -0.25) is 0 Å². The predicted octanol–water partition coefficient (Wildman–Crippen LogP) is 4.19. The molecule has 1 rings (SSSR count). The molecular formula is C15H28N2S. The third-order valence-corrected chi connectivity index (χ3v) is 4.65. The lowest BCUT2D eigenvalue weighted by Crippen LogP contribution is -2.44. The molecule has 0 aliphatic heterocycles. The zero-order chi connectivity index (χ0) is 13.8. The minimum atomic E-state index is 0.189. The van der Waals surface area contributed by atoms with Crippen LogP contribution in [0.25, 0.3) is 0 Å². The third-order valence-electron chi connectivity index (χ3n) is 3.69. The second kappa shape index (κ2) is 6.16. The Kier molecular flexibility index (Phi) is 5.35. The van der Waals surface area contributed by atoms with Gasteiger partial charge < -0.3 is 5.32 Å². The number of aryl methyl sites for hydroxylation is 1. The summed E-state index contributed by atoms with van der Waals surface area (Å²) in [5, 5.41) is 7.11. The van der Waals surface area contributed by atoms with E-state index in [0.29, 0.717) is 5.41 Å². The van der Waals surface area contributed by atoms with Crippen LogP contribution in [0.1, 0.15) is 58.2 Å². The molecule has 1 heterocycles. The van der Waals surface area contributed by atoms with Gasteiger partial charge in [-0.1, -0.05) is 13.8 Å². The molecule has 0 fully saturated rings. The summed E-state index contributed by atoms with van der Waals surface area (Å²) in [6, 6.07) is 0. The molecule has 0 spiro atoms. The van der Waals surface area contributed by atoms with Gasteiger partial charge in [0, 0.05) is 29.6 Å². The van der Waals surface area contributed by atoms with Crippen molar-refractivity contribution in [3.63, 3.8) is 0 Å². The van der Waals surface area contributed by atoms with Crippen LogP contribution < -0.4 is 5.32 Å². The average Bonchev–Trinajstić information content (AvgIpc) is 2.69. The fourth-order valence-corrected chi connectivity index (χ4v) is 3.02. The number of nitrogens with zero attached hydrogens (tertiary/aromatic N) is 1. The number of hydrogen-bond acceptors (Lipinski definition) is 3. The van der Waals surface area contributed by atoms with Crippen LogP contribution in [0.4, 0.5) is 0 Å². The first-order valence-electron chi connectivity index (χ1n) is 6.96. The number of hydrogen-bond donors (Lipinski definition) is 1. The molecule has 2 nitrogen and oxygen atoms in total. The number of thiazole rings is 1. The second-order valence-corrected chi connectivity index (χ2v) is 7.31. The van der Waals surface area contributed by atoms with Gasteiger partial charge in [-0.15, -0.1) is 11.3 Å². The highest BCUT2D eigenvalue weighted by atomic mass is 32.1. The summed E-state index contributed by atoms with van der Waals surface area (Å²) in [5.74, 6) is 0. The molecule has 0 aromatic carbocycles. The van der Waals surface area contributed by atoms with Crippen molar-refractivity contribution < 1.29 is 0 Å². The highest BCUT2D eigenvalue weighted by molar-refractivity contribution is 7.09. The van der Waals surface area contributed by atoms with Crippen LogP contribution in [-0.4, -0.2) is 17.1 Å². The van der Waals surface area contributed by atoms with Crippen LogP contribution >= 0.6 is 11.3 Å². The van der Waals surface area contributed by atoms with E-state index < -0.39 is 0 Å². The average molecular weight is 268 g/mol. The number of rotatable bonds is 6. The molecular weight excluding hydrogens is 240 g/mol. The lowest BCUT2D eigenvalue weighted by molar-refractivity contribution is 0.220. The van der Waals surface area contributed by atoms with E-state index in [1.54, 1.807) is 11.3 Å². The van der Waals surface area contributed by atoms with Gasteiger partial charge in [0.05, 0.1) is 5.01 Å². The SMILES string of the molecule is CCC(CC)(CNC(C)(C)C)Cc1nc(C)cs1. The van der Waals surface area contributed by atoms with Crippen molar-refractivity contribution in [1.29, 1.82) is 0 Å². The fraction of sp³-hybridized carbons (Fsp3) is 0.800. The van der Waals surface area contributed by atoms with E-state index in [4.69, 9.17) is 0 Å². The van der Waals surface area contributed by atoms with Gasteiger partial charge in [0.15, 0.2) is 0 Å². The quantitative estimate of drug-likeness (QED) is 0.837. The Balaban J connectivity index is 2.73. The summed E-state index contributed by atoms with van der Waals surface area (Å²) >= 11 is 1.80. The molecule has 0 atom stereocenters. The van der Waals surface area contributed by atoms with Crippen molar-refractivity contribution >= 4 is 11.3 Å². The van der Waals surface area contributed by atoms with E-state index in [0.717, 1.165) is 18.7 Å². The number of aromatic nitrogens is 1. The summed E-state index contributed by atoms with van der Waals surface area (Å²) in [5.41, 5.74) is 1.69. The van der Waals surface area contributed by atoms with Crippen molar-refractivity contribution in [3.05, 3.63) is 16.1 Å². The Morgan fingerprint density at radius 3 is 2.22 bits per heavy atom. The van der Waals surface area contributed by atoms with Gasteiger partial charge >= 0.3 is 0 Å². The molecule has 0 bridgehead atoms. The van der Waals surface area contributed by atoms with Crippen molar-refractivity contribution in [2.75, 3.05) is 6.54 Å². The van der Waals surface area contributed by atoms with Crippen molar-refractivity contribution in [2.24, 2.45) is 5.41 Å². The van der Waals surface area contributed by atoms with Gasteiger partial charge in [0.25, 0.3) is 0 Å². The summed E-state index contributed by atoms with van der Waals surface area (Å²) in [4.78, 5) is 4.63. The van der Waals surface area contributed by atoms with E-state index >= 15 is 0 Å². The van der Waals surface area contributed by atoms with E-state index in [1.807, 2.05) is 0 Å². The smallest absolute Gasteiger partial charge is 0.0934 e. The van der Waals surface area contributed by atoms with Gasteiger partial charge in [0.1, 0.15) is 0 Å². The molecule has 0 radical (unpaired) electrons. The van der Waals surface area contributed by atoms with E-state index in [1.165, 1.54) is 17.8 Å². The Labute approximate surface area is 116 Å². The zero-order valence-corrected chi connectivity index (χ0v) is 13.6. The van der Waals surface area contributed by atoms with Crippen LogP contribution in [0.15, 0.2) is 5.38 Å². The van der Waals surface area contributed by atoms with E-state index in [-0.39, 0.29) is 5.54 Å². The molecule has 1 aromatic heterocycles. The molecule has 18 heavy (non-hydrogen) atoms. The van der Waals surface area contributed by atoms with Crippen molar-refractivity contribution in [1.82, 2.24) is 10.3 Å². The Hall–Kier alpha value is -0.410. The maximum atomic E-state index is 4.63. The molecule has 1 N–H and O–H groups in total. The fourth-order valence-electron chi connectivity index (χ4n) is 2.07. The summed E-state index contributed by atoms with van der Waals surface area (Å²) < 4.78 is 0. The van der Waals surface area contributed by atoms with Gasteiger partial charge in [-0.25, -0.2) is 4.98 Å². The highest BCUT2D eigenvalue weighted by Crippen LogP contribution is 2.32. The molecule has 104 valence electrons. The first kappa shape index (κ1) is 15.6. The Morgan fingerprint density at radius 2 is 1.83 bits per heavy atom. The van der Waals surface area contributed by atoms with Crippen LogP contribution in [0.3, 0.4) is 0 Å². The first-order valence-corrected chi connectivity index (χ1v) is 7.84. The minimum Gasteiger partial charge on any atom is -0.312 e. The monoisotopic (exact) mass is 268 g/mol.